The number of carboxylic acids is 1. The van der Waals surface area contributed by atoms with Gasteiger partial charge in [0, 0.05) is 6.54 Å². The molecule has 0 saturated heterocycles. The molecule has 2 N–H and O–H groups in total. The van der Waals surface area contributed by atoms with Gasteiger partial charge in [-0.15, -0.1) is 0 Å². The molecule has 110 valence electrons. The minimum absolute atomic E-state index is 0.125. The van der Waals surface area contributed by atoms with Crippen molar-refractivity contribution < 1.29 is 18.3 Å². The molecule has 1 aliphatic rings. The van der Waals surface area contributed by atoms with Crippen LogP contribution in [0.4, 0.5) is 0 Å². The molecule has 20 heavy (non-hydrogen) atoms. The molecule has 2 unspecified atom stereocenters. The number of rotatable bonds is 5. The van der Waals surface area contributed by atoms with E-state index in [0.717, 1.165) is 19.3 Å². The van der Waals surface area contributed by atoms with Gasteiger partial charge < -0.3 is 5.11 Å². The quantitative estimate of drug-likeness (QED) is 0.869. The second-order valence-electron chi connectivity index (χ2n) is 5.15. The standard InChI is InChI=1S/C14H19NO4S/c16-14(17)13-9-5-4-6-11(13)10-15-20(18,19)12-7-2-1-3-8-12/h1-3,7-8,11,13,15H,4-6,9-10H2,(H,16,17). The van der Waals surface area contributed by atoms with Gasteiger partial charge in [0.25, 0.3) is 0 Å². The van der Waals surface area contributed by atoms with E-state index in [1.807, 2.05) is 0 Å². The highest BCUT2D eigenvalue weighted by Gasteiger charge is 2.31. The van der Waals surface area contributed by atoms with E-state index < -0.39 is 21.9 Å². The number of hydrogen-bond acceptors (Lipinski definition) is 3. The lowest BCUT2D eigenvalue weighted by Crippen LogP contribution is -2.37. The van der Waals surface area contributed by atoms with Crippen LogP contribution >= 0.6 is 0 Å². The van der Waals surface area contributed by atoms with Crippen molar-refractivity contribution in [1.82, 2.24) is 4.72 Å². The summed E-state index contributed by atoms with van der Waals surface area (Å²) in [5, 5.41) is 9.18. The molecular formula is C14H19NO4S. The average molecular weight is 297 g/mol. The van der Waals surface area contributed by atoms with Crippen LogP contribution in [0.1, 0.15) is 25.7 Å². The number of nitrogens with one attached hydrogen (secondary N) is 1. The number of carboxylic acid groups (broad SMARTS) is 1. The van der Waals surface area contributed by atoms with E-state index in [1.54, 1.807) is 18.2 Å². The lowest BCUT2D eigenvalue weighted by Gasteiger charge is -2.28. The zero-order valence-electron chi connectivity index (χ0n) is 11.2. The molecule has 1 fully saturated rings. The Morgan fingerprint density at radius 1 is 1.20 bits per heavy atom. The first kappa shape index (κ1) is 15.0. The molecule has 0 bridgehead atoms. The van der Waals surface area contributed by atoms with Gasteiger partial charge in [-0.2, -0.15) is 0 Å². The molecule has 5 nitrogen and oxygen atoms in total. The lowest BCUT2D eigenvalue weighted by molar-refractivity contribution is -0.144. The fourth-order valence-electron chi connectivity index (χ4n) is 2.68. The van der Waals surface area contributed by atoms with Crippen molar-refractivity contribution in [3.05, 3.63) is 30.3 Å². The minimum atomic E-state index is -3.55. The molecule has 0 aliphatic heterocycles. The van der Waals surface area contributed by atoms with Gasteiger partial charge in [0.1, 0.15) is 0 Å². The summed E-state index contributed by atoms with van der Waals surface area (Å²) in [6, 6.07) is 8.13. The van der Waals surface area contributed by atoms with E-state index in [-0.39, 0.29) is 17.4 Å². The number of aliphatic carboxylic acids is 1. The molecule has 1 aromatic carbocycles. The van der Waals surface area contributed by atoms with Gasteiger partial charge in [-0.3, -0.25) is 4.79 Å². The molecule has 2 atom stereocenters. The highest BCUT2D eigenvalue weighted by atomic mass is 32.2. The molecular weight excluding hydrogens is 278 g/mol. The Morgan fingerprint density at radius 3 is 2.50 bits per heavy atom. The normalized spacial score (nSPS) is 23.4. The topological polar surface area (TPSA) is 83.5 Å². The maximum Gasteiger partial charge on any atom is 0.306 e. The molecule has 0 amide bonds. The van der Waals surface area contributed by atoms with Gasteiger partial charge in [0.2, 0.25) is 10.0 Å². The van der Waals surface area contributed by atoms with Crippen molar-refractivity contribution >= 4 is 16.0 Å². The smallest absolute Gasteiger partial charge is 0.306 e. The molecule has 1 aromatic rings. The molecule has 0 spiro atoms. The Morgan fingerprint density at radius 2 is 1.85 bits per heavy atom. The summed E-state index contributed by atoms with van der Waals surface area (Å²) in [6.45, 7) is 0.189. The van der Waals surface area contributed by atoms with Crippen LogP contribution < -0.4 is 4.72 Å². The zero-order valence-corrected chi connectivity index (χ0v) is 12.0. The molecule has 1 saturated carbocycles. The molecule has 0 heterocycles. The second-order valence-corrected chi connectivity index (χ2v) is 6.92. The molecule has 2 rings (SSSR count). The minimum Gasteiger partial charge on any atom is -0.481 e. The Bertz CT molecular complexity index is 556. The van der Waals surface area contributed by atoms with E-state index in [4.69, 9.17) is 0 Å². The first-order valence-corrected chi connectivity index (χ1v) is 8.26. The van der Waals surface area contributed by atoms with Gasteiger partial charge in [0.05, 0.1) is 10.8 Å². The van der Waals surface area contributed by atoms with E-state index in [1.165, 1.54) is 12.1 Å². The van der Waals surface area contributed by atoms with Crippen LogP contribution in [0, 0.1) is 11.8 Å². The SMILES string of the molecule is O=C(O)C1CCCCC1CNS(=O)(=O)c1ccccc1. The monoisotopic (exact) mass is 297 g/mol. The number of sulfonamides is 1. The Balaban J connectivity index is 2.02. The second kappa shape index (κ2) is 6.37. The van der Waals surface area contributed by atoms with Crippen LogP contribution in [-0.2, 0) is 14.8 Å². The van der Waals surface area contributed by atoms with Crippen LogP contribution in [-0.4, -0.2) is 26.0 Å². The van der Waals surface area contributed by atoms with Gasteiger partial charge >= 0.3 is 5.97 Å². The summed E-state index contributed by atoms with van der Waals surface area (Å²) in [6.07, 6.45) is 3.25. The van der Waals surface area contributed by atoms with Gasteiger partial charge in [0.15, 0.2) is 0 Å². The van der Waals surface area contributed by atoms with Crippen molar-refractivity contribution in [2.75, 3.05) is 6.54 Å². The predicted octanol–water partition coefficient (Wildman–Crippen LogP) is 1.86. The molecule has 0 radical (unpaired) electrons. The third-order valence-corrected chi connectivity index (χ3v) is 5.25. The van der Waals surface area contributed by atoms with Crippen LogP contribution in [0.3, 0.4) is 0 Å². The summed E-state index contributed by atoms with van der Waals surface area (Å²) in [5.74, 6) is -1.39. The highest BCUT2D eigenvalue weighted by molar-refractivity contribution is 7.89. The summed E-state index contributed by atoms with van der Waals surface area (Å²) in [7, 11) is -3.55. The van der Waals surface area contributed by atoms with Crippen LogP contribution in [0.25, 0.3) is 0 Å². The summed E-state index contributed by atoms with van der Waals surface area (Å²) < 4.78 is 26.7. The average Bonchev–Trinajstić information content (AvgIpc) is 2.46. The molecule has 1 aliphatic carbocycles. The van der Waals surface area contributed by atoms with Crippen LogP contribution in [0.2, 0.25) is 0 Å². The Kier molecular flexibility index (Phi) is 4.77. The fourth-order valence-corrected chi connectivity index (χ4v) is 3.79. The van der Waals surface area contributed by atoms with Crippen molar-refractivity contribution in [3.63, 3.8) is 0 Å². The number of benzene rings is 1. The van der Waals surface area contributed by atoms with Gasteiger partial charge in [-0.1, -0.05) is 31.0 Å². The van der Waals surface area contributed by atoms with E-state index in [0.29, 0.717) is 6.42 Å². The largest absolute Gasteiger partial charge is 0.481 e. The lowest BCUT2D eigenvalue weighted by atomic mass is 9.79. The number of carbonyl (C=O) groups is 1. The van der Waals surface area contributed by atoms with Crippen molar-refractivity contribution in [2.24, 2.45) is 11.8 Å². The zero-order chi connectivity index (χ0) is 14.6. The maximum absolute atomic E-state index is 12.1. The van der Waals surface area contributed by atoms with Gasteiger partial charge in [-0.05, 0) is 30.9 Å². The number of hydrogen-bond donors (Lipinski definition) is 2. The maximum atomic E-state index is 12.1. The highest BCUT2D eigenvalue weighted by Crippen LogP contribution is 2.30. The van der Waals surface area contributed by atoms with Crippen LogP contribution in [0.15, 0.2) is 35.2 Å². The van der Waals surface area contributed by atoms with Crippen molar-refractivity contribution in [2.45, 2.75) is 30.6 Å². The Labute approximate surface area is 119 Å². The third-order valence-electron chi connectivity index (χ3n) is 3.82. The Hall–Kier alpha value is -1.40. The van der Waals surface area contributed by atoms with Gasteiger partial charge in [-0.25, -0.2) is 13.1 Å². The summed E-state index contributed by atoms with van der Waals surface area (Å²) in [5.41, 5.74) is 0. The molecule has 0 aromatic heterocycles. The van der Waals surface area contributed by atoms with E-state index in [2.05, 4.69) is 4.72 Å². The summed E-state index contributed by atoms with van der Waals surface area (Å²) in [4.78, 5) is 11.4. The summed E-state index contributed by atoms with van der Waals surface area (Å²) >= 11 is 0. The van der Waals surface area contributed by atoms with Crippen molar-refractivity contribution in [3.8, 4) is 0 Å². The fraction of sp³-hybridized carbons (Fsp3) is 0.500. The van der Waals surface area contributed by atoms with Crippen molar-refractivity contribution in [1.29, 1.82) is 0 Å². The predicted molar refractivity (Wildman–Crippen MR) is 74.7 cm³/mol. The first-order chi connectivity index (χ1) is 9.50. The third kappa shape index (κ3) is 3.58. The molecule has 6 heteroatoms. The van der Waals surface area contributed by atoms with Crippen LogP contribution in [0.5, 0.6) is 0 Å². The van der Waals surface area contributed by atoms with E-state index >= 15 is 0 Å². The van der Waals surface area contributed by atoms with E-state index in [9.17, 15) is 18.3 Å². The first-order valence-electron chi connectivity index (χ1n) is 6.78.